The Labute approximate surface area is 354 Å². The molecule has 19 nitrogen and oxygen atoms in total. The van der Waals surface area contributed by atoms with Gasteiger partial charge in [-0.25, -0.2) is 14.8 Å². The summed E-state index contributed by atoms with van der Waals surface area (Å²) in [6, 6.07) is 8.23. The van der Waals surface area contributed by atoms with E-state index in [-0.39, 0.29) is 30.2 Å². The summed E-state index contributed by atoms with van der Waals surface area (Å²) >= 11 is 1.21. The number of amides is 3. The van der Waals surface area contributed by atoms with Gasteiger partial charge in [-0.15, -0.1) is 0 Å². The second-order valence-electron chi connectivity index (χ2n) is 14.3. The Balaban J connectivity index is 1.25. The van der Waals surface area contributed by atoms with E-state index in [2.05, 4.69) is 30.4 Å². The lowest BCUT2D eigenvalue weighted by molar-refractivity contribution is 0.0358. The van der Waals surface area contributed by atoms with Crippen molar-refractivity contribution in [2.75, 3.05) is 51.9 Å². The van der Waals surface area contributed by atoms with E-state index in [1.807, 2.05) is 39.8 Å². The number of aryl methyl sites for hydroxylation is 4. The first-order valence-electron chi connectivity index (χ1n) is 20.0. The maximum atomic E-state index is 13.8. The number of nitrogens with zero attached hydrogens (tertiary/aromatic N) is 10. The van der Waals surface area contributed by atoms with Gasteiger partial charge in [-0.1, -0.05) is 23.5 Å². The fourth-order valence-electron chi connectivity index (χ4n) is 7.08. The van der Waals surface area contributed by atoms with Gasteiger partial charge in [-0.05, 0) is 64.4 Å². The molecule has 0 atom stereocenters. The molecule has 0 unspecified atom stereocenters. The summed E-state index contributed by atoms with van der Waals surface area (Å²) < 4.78 is 24.2. The van der Waals surface area contributed by atoms with Gasteiger partial charge in [0.1, 0.15) is 22.7 Å². The van der Waals surface area contributed by atoms with Crippen LogP contribution in [-0.2, 0) is 35.7 Å². The quantitative estimate of drug-likeness (QED) is 0.0808. The van der Waals surface area contributed by atoms with Gasteiger partial charge >= 0.3 is 5.97 Å². The maximum absolute atomic E-state index is 13.8. The fraction of sp³-hybridized carbons (Fsp3) is 0.390. The normalized spacial score (nSPS) is 13.8. The van der Waals surface area contributed by atoms with Crippen LogP contribution in [0.5, 0.6) is 5.75 Å². The van der Waals surface area contributed by atoms with Crippen molar-refractivity contribution in [1.82, 2.24) is 43.6 Å². The number of esters is 1. The largest absolute Gasteiger partial charge is 0.491 e. The molecule has 20 heteroatoms. The average molecular weight is 853 g/mol. The molecule has 6 aromatic rings. The summed E-state index contributed by atoms with van der Waals surface area (Å²) in [5, 5.41) is 11.8. The van der Waals surface area contributed by atoms with Gasteiger partial charge in [-0.3, -0.25) is 38.5 Å². The third-order valence-electron chi connectivity index (χ3n) is 10.0. The Kier molecular flexibility index (Phi) is 13.1. The number of morpholine rings is 1. The highest BCUT2D eigenvalue weighted by Gasteiger charge is 2.22. The van der Waals surface area contributed by atoms with Crippen molar-refractivity contribution in [3.8, 4) is 5.75 Å². The zero-order chi connectivity index (χ0) is 43.2. The number of ether oxygens (including phenoxy) is 3. The number of hydrogen-bond donors (Lipinski definition) is 2. The Bertz CT molecular complexity index is 2720. The number of hydrogen-bond acceptors (Lipinski definition) is 13. The number of pyridine rings is 1. The molecular weight excluding hydrogens is 805 g/mol. The molecule has 1 fully saturated rings. The standard InChI is InChI=1S/C41H48N12O7S/c1-6-52-30(19-25(3)47-52)37(55)45-40-44-29-21-27(35(42)54)22-32(60-16-10-11-49-14-17-59-18-15-49)34(29)50(40)12-8-9-13-51-36-33(23-28(24-43-36)39(57)58-5)61-41(51)46-38(56)31-20-26(4)48-53(31)7-2/h8-9,19-24H,6-7,10-18H2,1-5H3,(H2,42,54)(H,44,45,55)/b9-8+,46-41+. The predicted molar refractivity (Wildman–Crippen MR) is 227 cm³/mol. The van der Waals surface area contributed by atoms with Gasteiger partial charge in [0.15, 0.2) is 10.4 Å². The van der Waals surface area contributed by atoms with E-state index in [0.29, 0.717) is 87.6 Å². The third-order valence-corrected chi connectivity index (χ3v) is 11.0. The molecule has 7 rings (SSSR count). The smallest absolute Gasteiger partial charge is 0.339 e. The van der Waals surface area contributed by atoms with Gasteiger partial charge in [0.2, 0.25) is 11.9 Å². The van der Waals surface area contributed by atoms with E-state index in [4.69, 9.17) is 24.9 Å². The van der Waals surface area contributed by atoms with Crippen LogP contribution in [0.4, 0.5) is 5.95 Å². The van der Waals surface area contributed by atoms with Gasteiger partial charge in [0, 0.05) is 57.6 Å². The van der Waals surface area contributed by atoms with Crippen molar-refractivity contribution in [1.29, 1.82) is 0 Å². The number of nitrogens with two attached hydrogens (primary N) is 1. The van der Waals surface area contributed by atoms with E-state index >= 15 is 0 Å². The van der Waals surface area contributed by atoms with Gasteiger partial charge in [-0.2, -0.15) is 15.2 Å². The lowest BCUT2D eigenvalue weighted by Gasteiger charge is -2.26. The van der Waals surface area contributed by atoms with Crippen LogP contribution in [0.15, 0.2) is 53.7 Å². The topological polar surface area (TPSA) is 221 Å². The number of nitrogens with one attached hydrogen (secondary N) is 1. The maximum Gasteiger partial charge on any atom is 0.339 e. The molecule has 0 saturated carbocycles. The molecule has 0 bridgehead atoms. The number of thiazole rings is 1. The summed E-state index contributed by atoms with van der Waals surface area (Å²) in [6.45, 7) is 13.0. The lowest BCUT2D eigenvalue weighted by Crippen LogP contribution is -2.37. The molecule has 1 aliphatic heterocycles. The highest BCUT2D eigenvalue weighted by atomic mass is 32.1. The van der Waals surface area contributed by atoms with Crippen molar-refractivity contribution in [3.05, 3.63) is 87.4 Å². The van der Waals surface area contributed by atoms with Crippen LogP contribution in [0.1, 0.15) is 73.3 Å². The summed E-state index contributed by atoms with van der Waals surface area (Å²) in [7, 11) is 1.30. The number of fused-ring (bicyclic) bond motifs is 2. The molecule has 5 aromatic heterocycles. The Morgan fingerprint density at radius 2 is 1.62 bits per heavy atom. The molecule has 3 amide bonds. The van der Waals surface area contributed by atoms with Crippen LogP contribution in [0.3, 0.4) is 0 Å². The molecule has 0 aliphatic carbocycles. The Morgan fingerprint density at radius 1 is 0.934 bits per heavy atom. The Hall–Kier alpha value is -6.51. The van der Waals surface area contributed by atoms with E-state index in [0.717, 1.165) is 26.1 Å². The molecule has 1 aliphatic rings. The third kappa shape index (κ3) is 9.45. The molecule has 1 saturated heterocycles. The Morgan fingerprint density at radius 3 is 2.31 bits per heavy atom. The number of allylic oxidation sites excluding steroid dienone is 2. The predicted octanol–water partition coefficient (Wildman–Crippen LogP) is 3.73. The van der Waals surface area contributed by atoms with Crippen molar-refractivity contribution >= 4 is 62.4 Å². The molecule has 61 heavy (non-hydrogen) atoms. The van der Waals surface area contributed by atoms with Crippen LogP contribution < -0.4 is 20.6 Å². The van der Waals surface area contributed by atoms with Gasteiger partial charge < -0.3 is 24.5 Å². The highest BCUT2D eigenvalue weighted by molar-refractivity contribution is 7.16. The van der Waals surface area contributed by atoms with Crippen molar-refractivity contribution in [2.45, 2.75) is 60.3 Å². The van der Waals surface area contributed by atoms with Crippen molar-refractivity contribution < 1.29 is 33.4 Å². The molecule has 6 heterocycles. The highest BCUT2D eigenvalue weighted by Crippen LogP contribution is 2.32. The summed E-state index contributed by atoms with van der Waals surface area (Å²) in [5.41, 5.74) is 9.77. The second kappa shape index (κ2) is 18.8. The monoisotopic (exact) mass is 852 g/mol. The van der Waals surface area contributed by atoms with Crippen LogP contribution >= 0.6 is 11.3 Å². The van der Waals surface area contributed by atoms with E-state index < -0.39 is 23.7 Å². The number of primary amides is 1. The minimum atomic E-state index is -0.649. The van der Waals surface area contributed by atoms with Crippen LogP contribution in [0, 0.1) is 13.8 Å². The van der Waals surface area contributed by atoms with Crippen molar-refractivity contribution in [2.24, 2.45) is 10.7 Å². The van der Waals surface area contributed by atoms with Crippen LogP contribution in [0.25, 0.3) is 21.4 Å². The number of benzene rings is 1. The van der Waals surface area contributed by atoms with E-state index in [1.165, 1.54) is 24.6 Å². The number of rotatable bonds is 16. The summed E-state index contributed by atoms with van der Waals surface area (Å²) in [6.07, 6.45) is 5.89. The first kappa shape index (κ1) is 42.6. The van der Waals surface area contributed by atoms with Crippen LogP contribution in [-0.4, -0.2) is 114 Å². The molecule has 3 N–H and O–H groups in total. The number of anilines is 1. The zero-order valence-electron chi connectivity index (χ0n) is 34.7. The lowest BCUT2D eigenvalue weighted by atomic mass is 10.1. The minimum absolute atomic E-state index is 0.196. The van der Waals surface area contributed by atoms with Gasteiger partial charge in [0.25, 0.3) is 11.8 Å². The fourth-order valence-corrected chi connectivity index (χ4v) is 8.12. The van der Waals surface area contributed by atoms with Crippen molar-refractivity contribution in [3.63, 3.8) is 0 Å². The minimum Gasteiger partial charge on any atom is -0.491 e. The number of carbonyl (C=O) groups is 4. The first-order valence-corrected chi connectivity index (χ1v) is 20.8. The SMILES string of the molecule is CCn1nc(C)cc1C(=O)/N=c1/sc2cc(C(=O)OC)cnc2n1C/C=C/Cn1c(NC(=O)c2cc(C)nn2CC)nc2cc(C(N)=O)cc(OCCCN3CCOCC3)c21. The number of methoxy groups -OCH3 is 1. The number of imidazole rings is 1. The zero-order valence-corrected chi connectivity index (χ0v) is 35.5. The molecule has 0 spiro atoms. The van der Waals surface area contributed by atoms with Crippen LogP contribution in [0.2, 0.25) is 0 Å². The van der Waals surface area contributed by atoms with E-state index in [1.54, 1.807) is 48.8 Å². The molecular formula is C41H48N12O7S. The number of carbonyl (C=O) groups excluding carboxylic acids is 4. The molecule has 320 valence electrons. The second-order valence-corrected chi connectivity index (χ2v) is 15.3. The average Bonchev–Trinajstić information content (AvgIpc) is 4.02. The molecule has 0 radical (unpaired) electrons. The first-order chi connectivity index (χ1) is 29.5. The van der Waals surface area contributed by atoms with Gasteiger partial charge in [0.05, 0.1) is 54.1 Å². The molecule has 1 aromatic carbocycles. The van der Waals surface area contributed by atoms with E-state index in [9.17, 15) is 19.2 Å². The number of aromatic nitrogens is 8. The summed E-state index contributed by atoms with van der Waals surface area (Å²) in [4.78, 5) is 68.8. The summed E-state index contributed by atoms with van der Waals surface area (Å²) in [5.74, 6) is -1.49.